The van der Waals surface area contributed by atoms with Crippen molar-refractivity contribution in [3.05, 3.63) is 29.1 Å². The maximum atomic E-state index is 8.95. The molecule has 0 fully saturated rings. The molecule has 0 amide bonds. The summed E-state index contributed by atoms with van der Waals surface area (Å²) in [6.07, 6.45) is 6.31. The van der Waals surface area contributed by atoms with Gasteiger partial charge in [-0.2, -0.15) is 0 Å². The van der Waals surface area contributed by atoms with Gasteiger partial charge in [0.2, 0.25) is 0 Å². The first-order valence-corrected chi connectivity index (χ1v) is 6.05. The van der Waals surface area contributed by atoms with E-state index in [1.54, 1.807) is 0 Å². The maximum Gasteiger partial charge on any atom is 0.105 e. The lowest BCUT2D eigenvalue weighted by atomic mass is 9.94. The lowest BCUT2D eigenvalue weighted by Crippen LogP contribution is -2.15. The predicted molar refractivity (Wildman–Crippen MR) is 64.1 cm³/mol. The van der Waals surface area contributed by atoms with Crippen LogP contribution in [0, 0.1) is 0 Å². The van der Waals surface area contributed by atoms with Crippen LogP contribution in [0.1, 0.15) is 49.6 Å². The fourth-order valence-corrected chi connectivity index (χ4v) is 2.14. The summed E-state index contributed by atoms with van der Waals surface area (Å²) in [4.78, 5) is 4.61. The lowest BCUT2D eigenvalue weighted by molar-refractivity contribution is 0.317. The number of aromatic nitrogens is 1. The Labute approximate surface area is 96.2 Å². The number of nitrogens with zero attached hydrogens (tertiary/aromatic N) is 2. The van der Waals surface area contributed by atoms with E-state index in [4.69, 9.17) is 5.21 Å². The van der Waals surface area contributed by atoms with Crippen LogP contribution in [0.5, 0.6) is 0 Å². The van der Waals surface area contributed by atoms with E-state index in [-0.39, 0.29) is 0 Å². The third kappa shape index (κ3) is 2.23. The van der Waals surface area contributed by atoms with E-state index < -0.39 is 0 Å². The Bertz CT molecular complexity index is 399. The first-order chi connectivity index (χ1) is 7.85. The zero-order valence-corrected chi connectivity index (χ0v) is 9.74. The van der Waals surface area contributed by atoms with Crippen LogP contribution in [-0.4, -0.2) is 15.9 Å². The molecule has 1 aromatic rings. The first-order valence-electron chi connectivity index (χ1n) is 6.05. The third-order valence-electron chi connectivity index (χ3n) is 3.08. The summed E-state index contributed by atoms with van der Waals surface area (Å²) in [5.41, 5.74) is 4.00. The minimum atomic E-state index is 0.750. The number of hydrogen-bond donors (Lipinski definition) is 1. The van der Waals surface area contributed by atoms with Gasteiger partial charge in [-0.15, -0.1) is 0 Å². The molecule has 1 aliphatic carbocycles. The van der Waals surface area contributed by atoms with E-state index in [0.717, 1.165) is 49.2 Å². The highest BCUT2D eigenvalue weighted by molar-refractivity contribution is 6.00. The van der Waals surface area contributed by atoms with E-state index in [2.05, 4.69) is 29.2 Å². The molecule has 0 bridgehead atoms. The van der Waals surface area contributed by atoms with Crippen molar-refractivity contribution < 1.29 is 5.21 Å². The van der Waals surface area contributed by atoms with Crippen LogP contribution in [0.15, 0.2) is 17.3 Å². The summed E-state index contributed by atoms with van der Waals surface area (Å²) in [6.45, 7) is 2.18. The molecular formula is C13H18N2O. The quantitative estimate of drug-likeness (QED) is 0.626. The van der Waals surface area contributed by atoms with Crippen LogP contribution in [0.2, 0.25) is 0 Å². The van der Waals surface area contributed by atoms with Crippen LogP contribution < -0.4 is 0 Å². The third-order valence-corrected chi connectivity index (χ3v) is 3.08. The van der Waals surface area contributed by atoms with Gasteiger partial charge in [-0.05, 0) is 43.7 Å². The van der Waals surface area contributed by atoms with Gasteiger partial charge in [-0.3, -0.25) is 4.98 Å². The topological polar surface area (TPSA) is 45.5 Å². The molecule has 0 aliphatic heterocycles. The van der Waals surface area contributed by atoms with E-state index in [9.17, 15) is 0 Å². The monoisotopic (exact) mass is 218 g/mol. The van der Waals surface area contributed by atoms with Crippen molar-refractivity contribution in [3.63, 3.8) is 0 Å². The zero-order chi connectivity index (χ0) is 11.4. The fourth-order valence-electron chi connectivity index (χ4n) is 2.14. The second kappa shape index (κ2) is 5.10. The maximum absolute atomic E-state index is 8.95. The molecule has 0 atom stereocenters. The molecule has 1 heterocycles. The van der Waals surface area contributed by atoms with Gasteiger partial charge in [0.05, 0.1) is 5.69 Å². The molecule has 0 spiro atoms. The van der Waals surface area contributed by atoms with Crippen molar-refractivity contribution in [2.45, 2.75) is 45.4 Å². The standard InChI is InChI=1S/C13H18N2O/c1-2-3-6-11-9-8-10-5-4-7-12(15-16)13(10)14-11/h8-9,16H,2-7H2,1H3. The highest BCUT2D eigenvalue weighted by atomic mass is 16.4. The summed E-state index contributed by atoms with van der Waals surface area (Å²) >= 11 is 0. The largest absolute Gasteiger partial charge is 0.411 e. The van der Waals surface area contributed by atoms with Gasteiger partial charge in [-0.25, -0.2) is 0 Å². The molecule has 1 aliphatic rings. The molecule has 3 nitrogen and oxygen atoms in total. The molecule has 16 heavy (non-hydrogen) atoms. The SMILES string of the molecule is CCCCc1ccc2c(n1)C(=NO)CCC2. The van der Waals surface area contributed by atoms with Crippen molar-refractivity contribution in [2.75, 3.05) is 0 Å². The van der Waals surface area contributed by atoms with E-state index in [1.807, 2.05) is 0 Å². The minimum Gasteiger partial charge on any atom is -0.411 e. The van der Waals surface area contributed by atoms with Crippen LogP contribution in [0.3, 0.4) is 0 Å². The van der Waals surface area contributed by atoms with Crippen LogP contribution in [0.4, 0.5) is 0 Å². The Hall–Kier alpha value is -1.38. The van der Waals surface area contributed by atoms with Gasteiger partial charge < -0.3 is 5.21 Å². The number of oxime groups is 1. The number of pyridine rings is 1. The van der Waals surface area contributed by atoms with Crippen molar-refractivity contribution in [3.8, 4) is 0 Å². The summed E-state index contributed by atoms with van der Waals surface area (Å²) in [7, 11) is 0. The first kappa shape index (κ1) is 11.1. The molecule has 3 heteroatoms. The Kier molecular flexibility index (Phi) is 3.54. The average Bonchev–Trinajstić information content (AvgIpc) is 2.35. The second-order valence-corrected chi connectivity index (χ2v) is 4.31. The van der Waals surface area contributed by atoms with Gasteiger partial charge in [0.1, 0.15) is 5.71 Å². The van der Waals surface area contributed by atoms with E-state index in [1.165, 1.54) is 12.0 Å². The highest BCUT2D eigenvalue weighted by Gasteiger charge is 2.17. The van der Waals surface area contributed by atoms with Crippen LogP contribution in [0.25, 0.3) is 0 Å². The van der Waals surface area contributed by atoms with Crippen LogP contribution in [-0.2, 0) is 12.8 Å². The molecular weight excluding hydrogens is 200 g/mol. The Balaban J connectivity index is 2.28. The minimum absolute atomic E-state index is 0.750. The van der Waals surface area contributed by atoms with Crippen molar-refractivity contribution in [1.29, 1.82) is 0 Å². The van der Waals surface area contributed by atoms with Gasteiger partial charge in [0.25, 0.3) is 0 Å². The molecule has 1 aromatic heterocycles. The number of rotatable bonds is 3. The second-order valence-electron chi connectivity index (χ2n) is 4.31. The van der Waals surface area contributed by atoms with Gasteiger partial charge >= 0.3 is 0 Å². The summed E-state index contributed by atoms with van der Waals surface area (Å²) in [5, 5.41) is 12.3. The van der Waals surface area contributed by atoms with Crippen molar-refractivity contribution in [1.82, 2.24) is 4.98 Å². The fraction of sp³-hybridized carbons (Fsp3) is 0.538. The highest BCUT2D eigenvalue weighted by Crippen LogP contribution is 2.20. The predicted octanol–water partition coefficient (Wildman–Crippen LogP) is 2.94. The molecule has 86 valence electrons. The van der Waals surface area contributed by atoms with Gasteiger partial charge in [0, 0.05) is 5.69 Å². The average molecular weight is 218 g/mol. The number of unbranched alkanes of at least 4 members (excludes halogenated alkanes) is 1. The Morgan fingerprint density at radius 2 is 2.25 bits per heavy atom. The molecule has 1 N–H and O–H groups in total. The van der Waals surface area contributed by atoms with Crippen LogP contribution >= 0.6 is 0 Å². The smallest absolute Gasteiger partial charge is 0.105 e. The van der Waals surface area contributed by atoms with Crippen molar-refractivity contribution in [2.24, 2.45) is 5.16 Å². The van der Waals surface area contributed by atoms with Gasteiger partial charge in [0.15, 0.2) is 0 Å². The lowest BCUT2D eigenvalue weighted by Gasteiger charge is -2.16. The van der Waals surface area contributed by atoms with E-state index in [0.29, 0.717) is 0 Å². The van der Waals surface area contributed by atoms with E-state index >= 15 is 0 Å². The Morgan fingerprint density at radius 3 is 3.00 bits per heavy atom. The molecule has 0 saturated carbocycles. The molecule has 2 rings (SSSR count). The number of hydrogen-bond acceptors (Lipinski definition) is 3. The summed E-state index contributed by atoms with van der Waals surface area (Å²) < 4.78 is 0. The molecule has 0 saturated heterocycles. The summed E-state index contributed by atoms with van der Waals surface area (Å²) in [6, 6.07) is 4.24. The molecule has 0 radical (unpaired) electrons. The van der Waals surface area contributed by atoms with Gasteiger partial charge in [-0.1, -0.05) is 24.6 Å². The normalized spacial score (nSPS) is 17.4. The molecule has 0 unspecified atom stereocenters. The van der Waals surface area contributed by atoms with Crippen molar-refractivity contribution >= 4 is 5.71 Å². The zero-order valence-electron chi connectivity index (χ0n) is 9.74. The summed E-state index contributed by atoms with van der Waals surface area (Å²) in [5.74, 6) is 0. The molecule has 0 aromatic carbocycles. The number of fused-ring (bicyclic) bond motifs is 1. The Morgan fingerprint density at radius 1 is 1.38 bits per heavy atom. The number of aryl methyl sites for hydroxylation is 2.